The molecule has 0 saturated heterocycles. The van der Waals surface area contributed by atoms with Crippen LogP contribution in [-0.4, -0.2) is 27.6 Å². The lowest BCUT2D eigenvalue weighted by atomic mass is 10.1. The van der Waals surface area contributed by atoms with Crippen molar-refractivity contribution in [2.45, 2.75) is 51.7 Å². The molecule has 3 nitrogen and oxygen atoms in total. The molecule has 92 valence electrons. The SMILES string of the molecule is CCCCCCCC1=CC(=O)N(CBr)C1O. The number of halogens is 1. The van der Waals surface area contributed by atoms with Crippen LogP contribution >= 0.6 is 15.9 Å². The monoisotopic (exact) mass is 289 g/mol. The van der Waals surface area contributed by atoms with Gasteiger partial charge in [0, 0.05) is 6.08 Å². The van der Waals surface area contributed by atoms with Crippen molar-refractivity contribution in [1.82, 2.24) is 4.90 Å². The standard InChI is InChI=1S/C12H20BrNO2/c1-2-3-4-5-6-7-10-8-11(15)14(9-13)12(10)16/h8,12,16H,2-7,9H2,1H3. The molecular weight excluding hydrogens is 270 g/mol. The smallest absolute Gasteiger partial charge is 0.249 e. The Balaban J connectivity index is 2.27. The van der Waals surface area contributed by atoms with Crippen molar-refractivity contribution in [3.63, 3.8) is 0 Å². The molecule has 1 unspecified atom stereocenters. The van der Waals surface area contributed by atoms with Gasteiger partial charge in [0.25, 0.3) is 0 Å². The van der Waals surface area contributed by atoms with Gasteiger partial charge in [0.15, 0.2) is 6.23 Å². The summed E-state index contributed by atoms with van der Waals surface area (Å²) in [4.78, 5) is 12.8. The summed E-state index contributed by atoms with van der Waals surface area (Å²) in [6.45, 7) is 2.19. The number of carbonyl (C=O) groups is 1. The van der Waals surface area contributed by atoms with Gasteiger partial charge in [-0.3, -0.25) is 9.69 Å². The maximum absolute atomic E-state index is 11.4. The van der Waals surface area contributed by atoms with E-state index in [9.17, 15) is 9.90 Å². The van der Waals surface area contributed by atoms with Crippen LogP contribution in [0.4, 0.5) is 0 Å². The first kappa shape index (κ1) is 13.7. The number of alkyl halides is 1. The van der Waals surface area contributed by atoms with E-state index >= 15 is 0 Å². The van der Waals surface area contributed by atoms with Gasteiger partial charge >= 0.3 is 0 Å². The molecule has 1 N–H and O–H groups in total. The van der Waals surface area contributed by atoms with Crippen LogP contribution in [0, 0.1) is 0 Å². The van der Waals surface area contributed by atoms with Gasteiger partial charge in [0.1, 0.15) is 0 Å². The number of hydrogen-bond acceptors (Lipinski definition) is 2. The largest absolute Gasteiger partial charge is 0.369 e. The van der Waals surface area contributed by atoms with Crippen molar-refractivity contribution in [3.8, 4) is 0 Å². The highest BCUT2D eigenvalue weighted by atomic mass is 79.9. The van der Waals surface area contributed by atoms with Crippen LogP contribution in [0.3, 0.4) is 0 Å². The summed E-state index contributed by atoms with van der Waals surface area (Å²) in [5.74, 6) is -0.0899. The first-order valence-corrected chi connectivity index (χ1v) is 7.08. The number of rotatable bonds is 7. The third-order valence-corrected chi connectivity index (χ3v) is 3.46. The number of aliphatic hydroxyl groups is 1. The lowest BCUT2D eigenvalue weighted by Gasteiger charge is -2.19. The zero-order valence-electron chi connectivity index (χ0n) is 9.79. The van der Waals surface area contributed by atoms with Gasteiger partial charge in [-0.15, -0.1) is 0 Å². The number of unbranched alkanes of at least 4 members (excludes halogenated alkanes) is 4. The highest BCUT2D eigenvalue weighted by molar-refractivity contribution is 9.09. The normalized spacial score (nSPS) is 20.4. The van der Waals surface area contributed by atoms with Gasteiger partial charge in [-0.2, -0.15) is 0 Å². The number of carbonyl (C=O) groups excluding carboxylic acids is 1. The summed E-state index contributed by atoms with van der Waals surface area (Å²) >= 11 is 3.20. The summed E-state index contributed by atoms with van der Waals surface area (Å²) in [7, 11) is 0. The third kappa shape index (κ3) is 3.59. The Morgan fingerprint density at radius 1 is 1.38 bits per heavy atom. The van der Waals surface area contributed by atoms with Gasteiger partial charge in [0.2, 0.25) is 5.91 Å². The molecule has 0 fully saturated rings. The van der Waals surface area contributed by atoms with E-state index in [2.05, 4.69) is 22.9 Å². The number of aliphatic hydroxyl groups excluding tert-OH is 1. The molecule has 1 heterocycles. The van der Waals surface area contributed by atoms with Crippen molar-refractivity contribution in [2.24, 2.45) is 0 Å². The van der Waals surface area contributed by atoms with E-state index in [0.29, 0.717) is 5.45 Å². The molecule has 0 aromatic rings. The first-order valence-electron chi connectivity index (χ1n) is 5.95. The summed E-state index contributed by atoms with van der Waals surface area (Å²) in [5, 5.41) is 9.83. The second kappa shape index (κ2) is 7.07. The van der Waals surface area contributed by atoms with Crippen LogP contribution in [-0.2, 0) is 4.79 Å². The van der Waals surface area contributed by atoms with Crippen molar-refractivity contribution in [2.75, 3.05) is 5.45 Å². The Bertz CT molecular complexity index is 266. The van der Waals surface area contributed by atoms with Crippen molar-refractivity contribution in [1.29, 1.82) is 0 Å². The summed E-state index contributed by atoms with van der Waals surface area (Å²) in [5.41, 5.74) is 1.25. The van der Waals surface area contributed by atoms with Gasteiger partial charge in [-0.25, -0.2) is 0 Å². The minimum atomic E-state index is -0.710. The molecule has 1 amide bonds. The first-order chi connectivity index (χ1) is 7.70. The molecule has 0 aromatic heterocycles. The molecule has 0 aliphatic carbocycles. The lowest BCUT2D eigenvalue weighted by molar-refractivity contribution is -0.129. The molecule has 0 bridgehead atoms. The molecule has 1 aliphatic rings. The molecule has 1 atom stereocenters. The Kier molecular flexibility index (Phi) is 6.06. The molecule has 4 heteroatoms. The third-order valence-electron chi connectivity index (χ3n) is 2.92. The topological polar surface area (TPSA) is 40.5 Å². The maximum Gasteiger partial charge on any atom is 0.249 e. The summed E-state index contributed by atoms with van der Waals surface area (Å²) in [6, 6.07) is 0. The van der Waals surface area contributed by atoms with E-state index in [1.54, 1.807) is 6.08 Å². The number of amides is 1. The highest BCUT2D eigenvalue weighted by Gasteiger charge is 2.29. The predicted molar refractivity (Wildman–Crippen MR) is 68.1 cm³/mol. The summed E-state index contributed by atoms with van der Waals surface area (Å²) in [6.07, 6.45) is 7.70. The summed E-state index contributed by atoms with van der Waals surface area (Å²) < 4.78 is 0. The van der Waals surface area contributed by atoms with Crippen LogP contribution in [0.15, 0.2) is 11.6 Å². The van der Waals surface area contributed by atoms with E-state index in [4.69, 9.17) is 0 Å². The number of nitrogens with zero attached hydrogens (tertiary/aromatic N) is 1. The maximum atomic E-state index is 11.4. The minimum Gasteiger partial charge on any atom is -0.369 e. The van der Waals surface area contributed by atoms with Crippen molar-refractivity contribution >= 4 is 21.8 Å². The molecule has 16 heavy (non-hydrogen) atoms. The lowest BCUT2D eigenvalue weighted by Crippen LogP contribution is -2.33. The fourth-order valence-electron chi connectivity index (χ4n) is 1.89. The average Bonchev–Trinajstić information content (AvgIpc) is 2.53. The van der Waals surface area contributed by atoms with Crippen LogP contribution < -0.4 is 0 Å². The van der Waals surface area contributed by atoms with Crippen LogP contribution in [0.1, 0.15) is 45.4 Å². The molecular formula is C12H20BrNO2. The second-order valence-electron chi connectivity index (χ2n) is 4.18. The van der Waals surface area contributed by atoms with Crippen LogP contribution in [0.5, 0.6) is 0 Å². The van der Waals surface area contributed by atoms with E-state index in [1.165, 1.54) is 30.6 Å². The molecule has 1 rings (SSSR count). The Morgan fingerprint density at radius 2 is 2.06 bits per heavy atom. The highest BCUT2D eigenvalue weighted by Crippen LogP contribution is 2.23. The fraction of sp³-hybridized carbons (Fsp3) is 0.750. The fourth-order valence-corrected chi connectivity index (χ4v) is 2.42. The zero-order valence-corrected chi connectivity index (χ0v) is 11.4. The van der Waals surface area contributed by atoms with Gasteiger partial charge in [0.05, 0.1) is 5.45 Å². The Hall–Kier alpha value is -0.350. The minimum absolute atomic E-state index is 0.0899. The molecule has 0 radical (unpaired) electrons. The van der Waals surface area contributed by atoms with Crippen molar-refractivity contribution < 1.29 is 9.90 Å². The van der Waals surface area contributed by atoms with Gasteiger partial charge in [-0.05, 0) is 18.4 Å². The van der Waals surface area contributed by atoms with Gasteiger partial charge in [-0.1, -0.05) is 48.5 Å². The quantitative estimate of drug-likeness (QED) is 0.445. The van der Waals surface area contributed by atoms with Gasteiger partial charge < -0.3 is 5.11 Å². The van der Waals surface area contributed by atoms with Crippen LogP contribution in [0.25, 0.3) is 0 Å². The Morgan fingerprint density at radius 3 is 2.62 bits per heavy atom. The zero-order chi connectivity index (χ0) is 12.0. The Labute approximate surface area is 106 Å². The van der Waals surface area contributed by atoms with Crippen molar-refractivity contribution in [3.05, 3.63) is 11.6 Å². The molecule has 0 spiro atoms. The van der Waals surface area contributed by atoms with E-state index in [1.807, 2.05) is 0 Å². The van der Waals surface area contributed by atoms with E-state index in [0.717, 1.165) is 18.4 Å². The van der Waals surface area contributed by atoms with E-state index in [-0.39, 0.29) is 5.91 Å². The predicted octanol–water partition coefficient (Wildman–Crippen LogP) is 2.79. The molecule has 0 saturated carbocycles. The molecule has 0 aromatic carbocycles. The second-order valence-corrected chi connectivity index (χ2v) is 4.69. The average molecular weight is 290 g/mol. The van der Waals surface area contributed by atoms with E-state index < -0.39 is 6.23 Å². The van der Waals surface area contributed by atoms with Crippen LogP contribution in [0.2, 0.25) is 0 Å². The molecule has 1 aliphatic heterocycles. The number of hydrogen-bond donors (Lipinski definition) is 1.